The quantitative estimate of drug-likeness (QED) is 0.567. The Labute approximate surface area is 129 Å². The third-order valence-corrected chi connectivity index (χ3v) is 6.11. The van der Waals surface area contributed by atoms with E-state index in [9.17, 15) is 0 Å². The molecule has 0 aliphatic rings. The van der Waals surface area contributed by atoms with Gasteiger partial charge in [-0.05, 0) is 51.9 Å². The van der Waals surface area contributed by atoms with Gasteiger partial charge >= 0.3 is 0 Å². The number of methoxy groups -OCH3 is 1. The van der Waals surface area contributed by atoms with Crippen LogP contribution in [0, 0.1) is 5.41 Å². The van der Waals surface area contributed by atoms with Crippen molar-refractivity contribution in [2.24, 2.45) is 5.41 Å². The van der Waals surface area contributed by atoms with Crippen molar-refractivity contribution in [3.05, 3.63) is 28.2 Å². The summed E-state index contributed by atoms with van der Waals surface area (Å²) in [6, 6.07) is 6.30. The van der Waals surface area contributed by atoms with Crippen LogP contribution in [-0.4, -0.2) is 17.8 Å². The minimum atomic E-state index is 0.286. The van der Waals surface area contributed by atoms with Gasteiger partial charge in [0.25, 0.3) is 0 Å². The Morgan fingerprint density at radius 2 is 1.88 bits per heavy atom. The van der Waals surface area contributed by atoms with Gasteiger partial charge in [0.15, 0.2) is 0 Å². The summed E-state index contributed by atoms with van der Waals surface area (Å²) < 4.78 is 6.26. The molecule has 0 aliphatic heterocycles. The average molecular weight is 429 g/mol. The molecule has 0 spiro atoms. The number of halogens is 3. The molecule has 0 amide bonds. The van der Waals surface area contributed by atoms with Crippen LogP contribution >= 0.6 is 47.8 Å². The first-order chi connectivity index (χ1) is 8.10. The summed E-state index contributed by atoms with van der Waals surface area (Å²) in [4.78, 5) is 0. The van der Waals surface area contributed by atoms with Gasteiger partial charge in [0.05, 0.1) is 11.6 Å². The smallest absolute Gasteiger partial charge is 0.133 e. The largest absolute Gasteiger partial charge is 0.496 e. The molecule has 1 aromatic rings. The van der Waals surface area contributed by atoms with E-state index >= 15 is 0 Å². The van der Waals surface area contributed by atoms with E-state index in [2.05, 4.69) is 66.8 Å². The van der Waals surface area contributed by atoms with Gasteiger partial charge in [0, 0.05) is 10.7 Å². The van der Waals surface area contributed by atoms with Gasteiger partial charge in [-0.3, -0.25) is 0 Å². The zero-order valence-corrected chi connectivity index (χ0v) is 14.9. The van der Waals surface area contributed by atoms with E-state index in [0.717, 1.165) is 33.7 Å². The molecule has 17 heavy (non-hydrogen) atoms. The Morgan fingerprint density at radius 3 is 2.29 bits per heavy atom. The monoisotopic (exact) mass is 426 g/mol. The summed E-state index contributed by atoms with van der Waals surface area (Å²) >= 11 is 10.8. The SMILES string of the molecule is CCC(CBr)(CBr)Cc1ccc(OC)c(Br)c1. The van der Waals surface area contributed by atoms with Crippen molar-refractivity contribution >= 4 is 47.8 Å². The topological polar surface area (TPSA) is 9.23 Å². The molecule has 0 saturated heterocycles. The van der Waals surface area contributed by atoms with Gasteiger partial charge < -0.3 is 4.74 Å². The molecule has 0 atom stereocenters. The Bertz CT molecular complexity index is 353. The molecular weight excluding hydrogens is 412 g/mol. The highest BCUT2D eigenvalue weighted by Gasteiger charge is 2.26. The average Bonchev–Trinajstić information content (AvgIpc) is 2.36. The molecule has 4 heteroatoms. The van der Waals surface area contributed by atoms with E-state index in [4.69, 9.17) is 4.74 Å². The normalized spacial score (nSPS) is 11.6. The molecule has 0 saturated carbocycles. The molecule has 0 N–H and O–H groups in total. The van der Waals surface area contributed by atoms with E-state index in [1.165, 1.54) is 5.56 Å². The molecule has 0 unspecified atom stereocenters. The predicted octanol–water partition coefficient (Wildman–Crippen LogP) is 5.19. The molecule has 96 valence electrons. The Kier molecular flexibility index (Phi) is 6.52. The predicted molar refractivity (Wildman–Crippen MR) is 84.7 cm³/mol. The second-order valence-electron chi connectivity index (χ2n) is 4.27. The fourth-order valence-electron chi connectivity index (χ4n) is 1.70. The van der Waals surface area contributed by atoms with Crippen molar-refractivity contribution in [3.8, 4) is 5.75 Å². The maximum absolute atomic E-state index is 5.24. The summed E-state index contributed by atoms with van der Waals surface area (Å²) in [6.07, 6.45) is 2.20. The van der Waals surface area contributed by atoms with E-state index in [0.29, 0.717) is 0 Å². The maximum atomic E-state index is 5.24. The van der Waals surface area contributed by atoms with Crippen LogP contribution in [0.1, 0.15) is 18.9 Å². The molecule has 0 fully saturated rings. The van der Waals surface area contributed by atoms with Gasteiger partial charge in [0.2, 0.25) is 0 Å². The lowest BCUT2D eigenvalue weighted by Gasteiger charge is -2.28. The summed E-state index contributed by atoms with van der Waals surface area (Å²) in [5.41, 5.74) is 1.62. The lowest BCUT2D eigenvalue weighted by atomic mass is 9.83. The number of benzene rings is 1. The molecular formula is C13H17Br3O. The molecule has 0 aliphatic carbocycles. The highest BCUT2D eigenvalue weighted by molar-refractivity contribution is 9.10. The van der Waals surface area contributed by atoms with Crippen molar-refractivity contribution < 1.29 is 4.74 Å². The number of alkyl halides is 2. The van der Waals surface area contributed by atoms with Gasteiger partial charge in [-0.2, -0.15) is 0 Å². The number of hydrogen-bond acceptors (Lipinski definition) is 1. The van der Waals surface area contributed by atoms with Crippen LogP contribution in [0.15, 0.2) is 22.7 Å². The van der Waals surface area contributed by atoms with Crippen molar-refractivity contribution in [1.82, 2.24) is 0 Å². The Hall–Kier alpha value is 0.460. The first-order valence-electron chi connectivity index (χ1n) is 5.55. The highest BCUT2D eigenvalue weighted by Crippen LogP contribution is 2.34. The van der Waals surface area contributed by atoms with Gasteiger partial charge in [-0.15, -0.1) is 0 Å². The fraction of sp³-hybridized carbons (Fsp3) is 0.538. The maximum Gasteiger partial charge on any atom is 0.133 e. The Balaban J connectivity index is 2.90. The molecule has 1 nitrogen and oxygen atoms in total. The zero-order chi connectivity index (χ0) is 12.9. The van der Waals surface area contributed by atoms with Crippen molar-refractivity contribution in [3.63, 3.8) is 0 Å². The van der Waals surface area contributed by atoms with Crippen LogP contribution in [0.4, 0.5) is 0 Å². The Morgan fingerprint density at radius 1 is 1.24 bits per heavy atom. The summed E-state index contributed by atoms with van der Waals surface area (Å²) in [7, 11) is 1.69. The van der Waals surface area contributed by atoms with Crippen molar-refractivity contribution in [2.75, 3.05) is 17.8 Å². The van der Waals surface area contributed by atoms with Crippen LogP contribution in [0.3, 0.4) is 0 Å². The van der Waals surface area contributed by atoms with Crippen LogP contribution < -0.4 is 4.74 Å². The van der Waals surface area contributed by atoms with Crippen LogP contribution in [0.5, 0.6) is 5.75 Å². The second-order valence-corrected chi connectivity index (χ2v) is 6.24. The van der Waals surface area contributed by atoms with E-state index in [1.54, 1.807) is 7.11 Å². The molecule has 0 heterocycles. The van der Waals surface area contributed by atoms with Crippen LogP contribution in [-0.2, 0) is 6.42 Å². The zero-order valence-electron chi connectivity index (χ0n) is 10.1. The first-order valence-corrected chi connectivity index (χ1v) is 8.58. The third-order valence-electron chi connectivity index (χ3n) is 3.11. The second kappa shape index (κ2) is 7.15. The number of rotatable bonds is 6. The van der Waals surface area contributed by atoms with E-state index in [-0.39, 0.29) is 5.41 Å². The summed E-state index contributed by atoms with van der Waals surface area (Å²) in [5.74, 6) is 0.883. The molecule has 1 rings (SSSR count). The number of ether oxygens (including phenoxy) is 1. The first kappa shape index (κ1) is 15.5. The van der Waals surface area contributed by atoms with Gasteiger partial charge in [-0.25, -0.2) is 0 Å². The standard InChI is InChI=1S/C13H17Br3O/c1-3-13(8-14,9-15)7-10-4-5-12(17-2)11(16)6-10/h4-6H,3,7-9H2,1-2H3. The van der Waals surface area contributed by atoms with Crippen LogP contribution in [0.25, 0.3) is 0 Å². The lowest BCUT2D eigenvalue weighted by molar-refractivity contribution is 0.373. The van der Waals surface area contributed by atoms with Crippen molar-refractivity contribution in [1.29, 1.82) is 0 Å². The molecule has 1 aromatic carbocycles. The minimum absolute atomic E-state index is 0.286. The van der Waals surface area contributed by atoms with Crippen LogP contribution in [0.2, 0.25) is 0 Å². The van der Waals surface area contributed by atoms with Gasteiger partial charge in [0.1, 0.15) is 5.75 Å². The van der Waals surface area contributed by atoms with Gasteiger partial charge in [-0.1, -0.05) is 44.8 Å². The summed E-state index contributed by atoms with van der Waals surface area (Å²) in [6.45, 7) is 2.24. The fourth-order valence-corrected chi connectivity index (χ4v) is 4.40. The summed E-state index contributed by atoms with van der Waals surface area (Å²) in [5, 5.41) is 2.01. The number of hydrogen-bond donors (Lipinski definition) is 0. The van der Waals surface area contributed by atoms with E-state index < -0.39 is 0 Å². The van der Waals surface area contributed by atoms with E-state index in [1.807, 2.05) is 6.07 Å². The lowest BCUT2D eigenvalue weighted by Crippen LogP contribution is -2.26. The molecule has 0 radical (unpaired) electrons. The highest BCUT2D eigenvalue weighted by atomic mass is 79.9. The molecule has 0 aromatic heterocycles. The molecule has 0 bridgehead atoms. The third kappa shape index (κ3) is 3.97. The minimum Gasteiger partial charge on any atom is -0.496 e. The van der Waals surface area contributed by atoms with Crippen molar-refractivity contribution in [2.45, 2.75) is 19.8 Å².